The van der Waals surface area contributed by atoms with Crippen molar-refractivity contribution in [1.29, 1.82) is 5.41 Å². The summed E-state index contributed by atoms with van der Waals surface area (Å²) in [7, 11) is 0. The Bertz CT molecular complexity index is 400. The molecule has 1 aliphatic heterocycles. The van der Waals surface area contributed by atoms with Gasteiger partial charge < -0.3 is 19.9 Å². The lowest BCUT2D eigenvalue weighted by molar-refractivity contribution is 0.0684. The summed E-state index contributed by atoms with van der Waals surface area (Å²) in [5.74, 6) is 1.36. The number of hydrogen-bond acceptors (Lipinski definition) is 4. The first kappa shape index (κ1) is 13.8. The van der Waals surface area contributed by atoms with E-state index < -0.39 is 0 Å². The molecular formula is C14H20N2O3. The third-order valence-corrected chi connectivity index (χ3v) is 3.04. The molecule has 1 aromatic rings. The number of hydrogen-bond donors (Lipinski definition) is 2. The maximum absolute atomic E-state index is 7.29. The van der Waals surface area contributed by atoms with Gasteiger partial charge in [0.05, 0.1) is 19.8 Å². The monoisotopic (exact) mass is 264 g/mol. The second-order valence-corrected chi connectivity index (χ2v) is 4.59. The largest absolute Gasteiger partial charge is 0.491 e. The average Bonchev–Trinajstić information content (AvgIpc) is 2.92. The number of amidine groups is 1. The molecule has 0 amide bonds. The summed E-state index contributed by atoms with van der Waals surface area (Å²) >= 11 is 0. The Kier molecular flexibility index (Phi) is 5.18. The summed E-state index contributed by atoms with van der Waals surface area (Å²) in [5, 5.41) is 7.29. The van der Waals surface area contributed by atoms with Crippen LogP contribution in [0, 0.1) is 11.3 Å². The molecule has 0 bridgehead atoms. The number of nitrogens with one attached hydrogen (secondary N) is 1. The molecule has 0 radical (unpaired) electrons. The van der Waals surface area contributed by atoms with Gasteiger partial charge in [0.15, 0.2) is 0 Å². The van der Waals surface area contributed by atoms with E-state index in [0.29, 0.717) is 24.7 Å². The van der Waals surface area contributed by atoms with E-state index in [0.717, 1.165) is 32.0 Å². The quantitative estimate of drug-likeness (QED) is 0.443. The highest BCUT2D eigenvalue weighted by atomic mass is 16.5. The summed E-state index contributed by atoms with van der Waals surface area (Å²) in [4.78, 5) is 0. The summed E-state index contributed by atoms with van der Waals surface area (Å²) in [6, 6.07) is 7.16. The van der Waals surface area contributed by atoms with Crippen LogP contribution in [-0.2, 0) is 9.47 Å². The Hall–Kier alpha value is -1.59. The molecular weight excluding hydrogens is 244 g/mol. The molecule has 19 heavy (non-hydrogen) atoms. The van der Waals surface area contributed by atoms with Gasteiger partial charge in [-0.2, -0.15) is 0 Å². The molecule has 104 valence electrons. The molecule has 1 atom stereocenters. The number of nitrogen functional groups attached to an aromatic ring is 1. The lowest BCUT2D eigenvalue weighted by atomic mass is 10.1. The molecule has 0 aliphatic carbocycles. The van der Waals surface area contributed by atoms with Gasteiger partial charge in [-0.25, -0.2) is 0 Å². The van der Waals surface area contributed by atoms with Gasteiger partial charge in [-0.3, -0.25) is 5.41 Å². The Morgan fingerprint density at radius 3 is 2.74 bits per heavy atom. The fourth-order valence-corrected chi connectivity index (χ4v) is 1.91. The molecule has 1 unspecified atom stereocenters. The van der Waals surface area contributed by atoms with Crippen LogP contribution < -0.4 is 10.5 Å². The van der Waals surface area contributed by atoms with Crippen LogP contribution in [0.5, 0.6) is 5.75 Å². The molecule has 2 rings (SSSR count). The minimum Gasteiger partial charge on any atom is -0.491 e. The summed E-state index contributed by atoms with van der Waals surface area (Å²) in [6.45, 7) is 3.50. The van der Waals surface area contributed by atoms with Crippen molar-refractivity contribution in [2.24, 2.45) is 11.7 Å². The highest BCUT2D eigenvalue weighted by Crippen LogP contribution is 2.13. The van der Waals surface area contributed by atoms with Crippen LogP contribution in [0.25, 0.3) is 0 Å². The minimum atomic E-state index is 0.0636. The number of ether oxygens (including phenoxy) is 3. The SMILES string of the molecule is N=C(N)c1ccc(OCCOCC2CCOC2)cc1. The van der Waals surface area contributed by atoms with E-state index in [1.807, 2.05) is 12.1 Å². The van der Waals surface area contributed by atoms with Gasteiger partial charge in [0.2, 0.25) is 0 Å². The Balaban J connectivity index is 1.61. The van der Waals surface area contributed by atoms with Crippen LogP contribution in [0.15, 0.2) is 24.3 Å². The van der Waals surface area contributed by atoms with E-state index in [1.165, 1.54) is 0 Å². The maximum atomic E-state index is 7.29. The Labute approximate surface area is 113 Å². The van der Waals surface area contributed by atoms with E-state index in [1.54, 1.807) is 12.1 Å². The summed E-state index contributed by atoms with van der Waals surface area (Å²) < 4.78 is 16.4. The number of nitrogens with two attached hydrogens (primary N) is 1. The average molecular weight is 264 g/mol. The molecule has 5 heteroatoms. The second-order valence-electron chi connectivity index (χ2n) is 4.59. The first-order chi connectivity index (χ1) is 9.25. The standard InChI is InChI=1S/C14H20N2O3/c15-14(16)12-1-3-13(4-2-12)19-8-7-18-10-11-5-6-17-9-11/h1-4,11H,5-10H2,(H3,15,16). The van der Waals surface area contributed by atoms with Crippen LogP contribution in [-0.4, -0.2) is 38.9 Å². The van der Waals surface area contributed by atoms with Crippen molar-refractivity contribution in [3.05, 3.63) is 29.8 Å². The van der Waals surface area contributed by atoms with Crippen molar-refractivity contribution in [1.82, 2.24) is 0 Å². The highest BCUT2D eigenvalue weighted by molar-refractivity contribution is 5.94. The molecule has 3 N–H and O–H groups in total. The molecule has 1 aromatic carbocycles. The minimum absolute atomic E-state index is 0.0636. The Morgan fingerprint density at radius 2 is 2.11 bits per heavy atom. The zero-order valence-electron chi connectivity index (χ0n) is 10.9. The first-order valence-electron chi connectivity index (χ1n) is 6.48. The first-order valence-corrected chi connectivity index (χ1v) is 6.48. The molecule has 0 saturated carbocycles. The predicted octanol–water partition coefficient (Wildman–Crippen LogP) is 1.40. The fourth-order valence-electron chi connectivity index (χ4n) is 1.91. The van der Waals surface area contributed by atoms with Crippen molar-refractivity contribution in [3.63, 3.8) is 0 Å². The zero-order valence-corrected chi connectivity index (χ0v) is 10.9. The van der Waals surface area contributed by atoms with Gasteiger partial charge in [0.25, 0.3) is 0 Å². The van der Waals surface area contributed by atoms with Crippen molar-refractivity contribution in [2.45, 2.75) is 6.42 Å². The molecule has 1 heterocycles. The van der Waals surface area contributed by atoms with Gasteiger partial charge in [-0.05, 0) is 30.7 Å². The van der Waals surface area contributed by atoms with Gasteiger partial charge in [0, 0.05) is 18.1 Å². The second kappa shape index (κ2) is 7.11. The molecule has 1 fully saturated rings. The van der Waals surface area contributed by atoms with Crippen LogP contribution >= 0.6 is 0 Å². The fraction of sp³-hybridized carbons (Fsp3) is 0.500. The molecule has 0 spiro atoms. The number of rotatable bonds is 7. The normalized spacial score (nSPS) is 18.4. The van der Waals surface area contributed by atoms with E-state index in [2.05, 4.69) is 0 Å². The van der Waals surface area contributed by atoms with Crippen LogP contribution in [0.4, 0.5) is 0 Å². The van der Waals surface area contributed by atoms with E-state index in [-0.39, 0.29) is 5.84 Å². The lowest BCUT2D eigenvalue weighted by Gasteiger charge is -2.10. The van der Waals surface area contributed by atoms with Crippen molar-refractivity contribution < 1.29 is 14.2 Å². The summed E-state index contributed by atoms with van der Waals surface area (Å²) in [6.07, 6.45) is 1.09. The van der Waals surface area contributed by atoms with Crippen LogP contribution in [0.1, 0.15) is 12.0 Å². The van der Waals surface area contributed by atoms with Gasteiger partial charge >= 0.3 is 0 Å². The van der Waals surface area contributed by atoms with Gasteiger partial charge in [-0.15, -0.1) is 0 Å². The lowest BCUT2D eigenvalue weighted by Crippen LogP contribution is -2.14. The van der Waals surface area contributed by atoms with E-state index in [9.17, 15) is 0 Å². The number of benzene rings is 1. The van der Waals surface area contributed by atoms with Crippen LogP contribution in [0.2, 0.25) is 0 Å². The molecule has 5 nitrogen and oxygen atoms in total. The van der Waals surface area contributed by atoms with Gasteiger partial charge in [0.1, 0.15) is 18.2 Å². The van der Waals surface area contributed by atoms with Crippen molar-refractivity contribution >= 4 is 5.84 Å². The molecule has 1 saturated heterocycles. The summed E-state index contributed by atoms with van der Waals surface area (Å²) in [5.41, 5.74) is 6.07. The topological polar surface area (TPSA) is 77.6 Å². The zero-order chi connectivity index (χ0) is 13.5. The van der Waals surface area contributed by atoms with E-state index >= 15 is 0 Å². The third kappa shape index (κ3) is 4.54. The third-order valence-electron chi connectivity index (χ3n) is 3.04. The predicted molar refractivity (Wildman–Crippen MR) is 72.7 cm³/mol. The van der Waals surface area contributed by atoms with Crippen molar-refractivity contribution in [2.75, 3.05) is 33.0 Å². The highest BCUT2D eigenvalue weighted by Gasteiger charge is 2.15. The maximum Gasteiger partial charge on any atom is 0.122 e. The van der Waals surface area contributed by atoms with Crippen LogP contribution in [0.3, 0.4) is 0 Å². The Morgan fingerprint density at radius 1 is 1.32 bits per heavy atom. The smallest absolute Gasteiger partial charge is 0.122 e. The molecule has 1 aliphatic rings. The van der Waals surface area contributed by atoms with Crippen molar-refractivity contribution in [3.8, 4) is 5.75 Å². The van der Waals surface area contributed by atoms with Gasteiger partial charge in [-0.1, -0.05) is 0 Å². The molecule has 0 aromatic heterocycles. The van der Waals surface area contributed by atoms with E-state index in [4.69, 9.17) is 25.4 Å².